The molecule has 1 aromatic heterocycles. The van der Waals surface area contributed by atoms with E-state index >= 15 is 0 Å². The van der Waals surface area contributed by atoms with Crippen LogP contribution in [0.1, 0.15) is 12.6 Å². The third-order valence-corrected chi connectivity index (χ3v) is 1.62. The number of hydrogen-bond donors (Lipinski definition) is 1. The van der Waals surface area contributed by atoms with Crippen LogP contribution in [0.15, 0.2) is 18.3 Å². The highest BCUT2D eigenvalue weighted by atomic mass is 16.5. The summed E-state index contributed by atoms with van der Waals surface area (Å²) in [4.78, 5) is 26.2. The molecule has 0 fully saturated rings. The molecule has 0 aliphatic heterocycles. The van der Waals surface area contributed by atoms with Crippen molar-refractivity contribution in [3.63, 3.8) is 0 Å². The lowest BCUT2D eigenvalue weighted by Gasteiger charge is -2.04. The van der Waals surface area contributed by atoms with Crippen molar-refractivity contribution in [3.8, 4) is 0 Å². The molecule has 1 heterocycles. The fourth-order valence-corrected chi connectivity index (χ4v) is 1.00. The Morgan fingerprint density at radius 2 is 2.27 bits per heavy atom. The van der Waals surface area contributed by atoms with Gasteiger partial charge in [-0.05, 0) is 26.0 Å². The Hall–Kier alpha value is -1.91. The molecule has 0 aliphatic carbocycles. The first-order chi connectivity index (χ1) is 7.13. The van der Waals surface area contributed by atoms with Crippen LogP contribution in [0.2, 0.25) is 0 Å². The molecule has 1 amide bonds. The van der Waals surface area contributed by atoms with E-state index in [0.29, 0.717) is 5.69 Å². The van der Waals surface area contributed by atoms with E-state index in [1.165, 1.54) is 0 Å². The second kappa shape index (κ2) is 5.09. The molecule has 1 aromatic rings. The molecule has 0 spiro atoms. The maximum atomic E-state index is 11.2. The van der Waals surface area contributed by atoms with Crippen LogP contribution in [-0.2, 0) is 14.3 Å². The number of ether oxygens (including phenoxy) is 1. The molecule has 0 atom stereocenters. The van der Waals surface area contributed by atoms with Crippen LogP contribution >= 0.6 is 0 Å². The lowest BCUT2D eigenvalue weighted by Crippen LogP contribution is -2.25. The van der Waals surface area contributed by atoms with Crippen LogP contribution in [0.3, 0.4) is 0 Å². The van der Waals surface area contributed by atoms with Crippen molar-refractivity contribution in [1.29, 1.82) is 0 Å². The van der Waals surface area contributed by atoms with E-state index in [1.807, 2.05) is 0 Å². The zero-order valence-electron chi connectivity index (χ0n) is 8.61. The highest BCUT2D eigenvalue weighted by Gasteiger charge is 2.14. The Morgan fingerprint density at radius 1 is 1.53 bits per heavy atom. The summed E-state index contributed by atoms with van der Waals surface area (Å²) in [7, 11) is 0. The zero-order valence-corrected chi connectivity index (χ0v) is 8.61. The summed E-state index contributed by atoms with van der Waals surface area (Å²) < 4.78 is 4.54. The van der Waals surface area contributed by atoms with Crippen molar-refractivity contribution in [2.45, 2.75) is 13.8 Å². The number of carbonyl (C=O) groups is 2. The standard InChI is InChI=1S/C10H12N2O3/c1-3-15-10(14)9(13)12-8-4-5-11-7(2)6-8/h4-6H,3H2,1-2H3,(H,11,12,13). The molecule has 0 aromatic carbocycles. The maximum Gasteiger partial charge on any atom is 0.397 e. The Bertz CT molecular complexity index is 377. The van der Waals surface area contributed by atoms with E-state index in [1.54, 1.807) is 32.2 Å². The van der Waals surface area contributed by atoms with Crippen LogP contribution in [-0.4, -0.2) is 23.5 Å². The number of nitrogens with zero attached hydrogens (tertiary/aromatic N) is 1. The first-order valence-electron chi connectivity index (χ1n) is 4.54. The number of hydrogen-bond acceptors (Lipinski definition) is 4. The molecule has 0 radical (unpaired) electrons. The molecule has 1 rings (SSSR count). The molecule has 0 saturated carbocycles. The van der Waals surface area contributed by atoms with Crippen LogP contribution in [0.25, 0.3) is 0 Å². The van der Waals surface area contributed by atoms with Gasteiger partial charge in [0.25, 0.3) is 0 Å². The molecule has 0 bridgehead atoms. The second-order valence-corrected chi connectivity index (χ2v) is 2.86. The predicted molar refractivity (Wildman–Crippen MR) is 54.2 cm³/mol. The number of anilines is 1. The Labute approximate surface area is 87.5 Å². The molecule has 0 unspecified atom stereocenters. The van der Waals surface area contributed by atoms with E-state index in [4.69, 9.17) is 0 Å². The minimum atomic E-state index is -0.882. The molecule has 1 N–H and O–H groups in total. The SMILES string of the molecule is CCOC(=O)C(=O)Nc1ccnc(C)c1. The monoisotopic (exact) mass is 208 g/mol. The Morgan fingerprint density at radius 3 is 2.87 bits per heavy atom. The van der Waals surface area contributed by atoms with Gasteiger partial charge in [-0.1, -0.05) is 0 Å². The average Bonchev–Trinajstić information content (AvgIpc) is 2.18. The predicted octanol–water partition coefficient (Wildman–Crippen LogP) is 0.892. The van der Waals surface area contributed by atoms with Gasteiger partial charge in [0.2, 0.25) is 0 Å². The minimum absolute atomic E-state index is 0.182. The van der Waals surface area contributed by atoms with Gasteiger partial charge >= 0.3 is 11.9 Å². The second-order valence-electron chi connectivity index (χ2n) is 2.86. The number of aromatic nitrogens is 1. The average molecular weight is 208 g/mol. The minimum Gasteiger partial charge on any atom is -0.459 e. The molecule has 80 valence electrons. The van der Waals surface area contributed by atoms with Crippen molar-refractivity contribution in [1.82, 2.24) is 4.98 Å². The van der Waals surface area contributed by atoms with Gasteiger partial charge in [0.15, 0.2) is 0 Å². The lowest BCUT2D eigenvalue weighted by molar-refractivity contribution is -0.152. The first kappa shape index (κ1) is 11.2. The van der Waals surface area contributed by atoms with E-state index < -0.39 is 11.9 Å². The maximum absolute atomic E-state index is 11.2. The topological polar surface area (TPSA) is 68.3 Å². The van der Waals surface area contributed by atoms with Crippen LogP contribution in [0, 0.1) is 6.92 Å². The first-order valence-corrected chi connectivity index (χ1v) is 4.54. The number of amides is 1. The lowest BCUT2D eigenvalue weighted by atomic mass is 10.3. The van der Waals surface area contributed by atoms with E-state index in [9.17, 15) is 9.59 Å². The Kier molecular flexibility index (Phi) is 3.79. The van der Waals surface area contributed by atoms with Crippen LogP contribution in [0.4, 0.5) is 5.69 Å². The zero-order chi connectivity index (χ0) is 11.3. The summed E-state index contributed by atoms with van der Waals surface area (Å²) in [6.45, 7) is 3.61. The quantitative estimate of drug-likeness (QED) is 0.579. The number of pyridine rings is 1. The molecular formula is C10H12N2O3. The van der Waals surface area contributed by atoms with Crippen molar-refractivity contribution in [2.24, 2.45) is 0 Å². The largest absolute Gasteiger partial charge is 0.459 e. The summed E-state index contributed by atoms with van der Waals surface area (Å²) >= 11 is 0. The molecule has 0 aliphatic rings. The van der Waals surface area contributed by atoms with Gasteiger partial charge in [0, 0.05) is 17.6 Å². The van der Waals surface area contributed by atoms with Gasteiger partial charge < -0.3 is 10.1 Å². The van der Waals surface area contributed by atoms with E-state index in [0.717, 1.165) is 5.69 Å². The third-order valence-electron chi connectivity index (χ3n) is 1.62. The highest BCUT2D eigenvalue weighted by molar-refractivity contribution is 6.37. The van der Waals surface area contributed by atoms with Gasteiger partial charge in [-0.2, -0.15) is 0 Å². The number of rotatable bonds is 2. The summed E-state index contributed by atoms with van der Waals surface area (Å²) in [6, 6.07) is 3.27. The number of aryl methyl sites for hydroxylation is 1. The van der Waals surface area contributed by atoms with Gasteiger partial charge in [-0.3, -0.25) is 9.78 Å². The Balaban J connectivity index is 2.62. The normalized spacial score (nSPS) is 9.47. The molecule has 0 saturated heterocycles. The number of nitrogens with one attached hydrogen (secondary N) is 1. The van der Waals surface area contributed by atoms with Crippen LogP contribution < -0.4 is 5.32 Å². The fraction of sp³-hybridized carbons (Fsp3) is 0.300. The van der Waals surface area contributed by atoms with Crippen molar-refractivity contribution < 1.29 is 14.3 Å². The van der Waals surface area contributed by atoms with E-state index in [-0.39, 0.29) is 6.61 Å². The summed E-state index contributed by atoms with van der Waals surface area (Å²) in [6.07, 6.45) is 1.55. The van der Waals surface area contributed by atoms with Crippen LogP contribution in [0.5, 0.6) is 0 Å². The molecule has 5 heteroatoms. The summed E-state index contributed by atoms with van der Waals surface area (Å²) in [5.74, 6) is -1.66. The van der Waals surface area contributed by atoms with Crippen molar-refractivity contribution in [2.75, 3.05) is 11.9 Å². The van der Waals surface area contributed by atoms with E-state index in [2.05, 4.69) is 15.0 Å². The summed E-state index contributed by atoms with van der Waals surface area (Å²) in [5, 5.41) is 2.41. The number of carbonyl (C=O) groups excluding carboxylic acids is 2. The number of esters is 1. The highest BCUT2D eigenvalue weighted by Crippen LogP contribution is 2.06. The van der Waals surface area contributed by atoms with Gasteiger partial charge in [-0.25, -0.2) is 4.79 Å². The smallest absolute Gasteiger partial charge is 0.397 e. The van der Waals surface area contributed by atoms with Gasteiger partial charge in [-0.15, -0.1) is 0 Å². The van der Waals surface area contributed by atoms with Crippen molar-refractivity contribution >= 4 is 17.6 Å². The fourth-order valence-electron chi connectivity index (χ4n) is 1.00. The molecular weight excluding hydrogens is 196 g/mol. The summed E-state index contributed by atoms with van der Waals surface area (Å²) in [5.41, 5.74) is 1.29. The molecule has 15 heavy (non-hydrogen) atoms. The van der Waals surface area contributed by atoms with Gasteiger partial charge in [0.1, 0.15) is 0 Å². The molecule has 5 nitrogen and oxygen atoms in total. The van der Waals surface area contributed by atoms with Gasteiger partial charge in [0.05, 0.1) is 6.61 Å². The van der Waals surface area contributed by atoms with Crippen molar-refractivity contribution in [3.05, 3.63) is 24.0 Å². The third kappa shape index (κ3) is 3.38.